The van der Waals surface area contributed by atoms with Crippen molar-refractivity contribution in [2.45, 2.75) is 6.61 Å². The van der Waals surface area contributed by atoms with Crippen LogP contribution in [-0.2, 0) is 11.3 Å². The van der Waals surface area contributed by atoms with Gasteiger partial charge in [0.15, 0.2) is 18.1 Å². The summed E-state index contributed by atoms with van der Waals surface area (Å²) in [5.74, 6) is 0.965. The van der Waals surface area contributed by atoms with E-state index in [1.54, 1.807) is 18.2 Å². The van der Waals surface area contributed by atoms with Crippen LogP contribution in [0.1, 0.15) is 16.2 Å². The summed E-state index contributed by atoms with van der Waals surface area (Å²) in [6.45, 7) is -0.216. The van der Waals surface area contributed by atoms with Crippen molar-refractivity contribution in [3.05, 3.63) is 47.9 Å². The quantitative estimate of drug-likeness (QED) is 0.612. The van der Waals surface area contributed by atoms with Crippen molar-refractivity contribution in [3.8, 4) is 34.5 Å². The second kappa shape index (κ2) is 8.30. The molecular weight excluding hydrogens is 368 g/mol. The smallest absolute Gasteiger partial charge is 0.338 e. The van der Waals surface area contributed by atoms with Crippen LogP contribution in [0.5, 0.6) is 23.0 Å². The van der Waals surface area contributed by atoms with Gasteiger partial charge in [0.05, 0.1) is 26.9 Å². The van der Waals surface area contributed by atoms with Gasteiger partial charge >= 0.3 is 5.97 Å². The number of ether oxygens (including phenoxy) is 4. The normalized spacial score (nSPS) is 10.4. The van der Waals surface area contributed by atoms with Crippen molar-refractivity contribution in [2.24, 2.45) is 0 Å². The maximum atomic E-state index is 12.0. The Hall–Kier alpha value is -3.75. The highest BCUT2D eigenvalue weighted by atomic mass is 16.5. The standard InChI is InChI=1S/C19H18N2O7/c1-24-14-8-12(9-15(25-2)17(14)26-3)18-21-20-16(28-18)10-27-19(23)11-5-4-6-13(22)7-11/h4-9,22H,10H2,1-3H3. The predicted octanol–water partition coefficient (Wildman–Crippen LogP) is 2.83. The van der Waals surface area contributed by atoms with Gasteiger partial charge in [-0.05, 0) is 30.3 Å². The molecule has 9 nitrogen and oxygen atoms in total. The average molecular weight is 386 g/mol. The first-order valence-electron chi connectivity index (χ1n) is 8.14. The zero-order chi connectivity index (χ0) is 20.1. The molecule has 0 amide bonds. The molecule has 1 N–H and O–H groups in total. The highest BCUT2D eigenvalue weighted by Crippen LogP contribution is 2.40. The van der Waals surface area contributed by atoms with E-state index in [1.165, 1.54) is 39.5 Å². The van der Waals surface area contributed by atoms with E-state index in [-0.39, 0.29) is 29.7 Å². The Morgan fingerprint density at radius 2 is 1.75 bits per heavy atom. The van der Waals surface area contributed by atoms with Crippen LogP contribution in [0.4, 0.5) is 0 Å². The second-order valence-electron chi connectivity index (χ2n) is 5.54. The number of esters is 1. The van der Waals surface area contributed by atoms with Crippen molar-refractivity contribution in [2.75, 3.05) is 21.3 Å². The zero-order valence-electron chi connectivity index (χ0n) is 15.5. The number of methoxy groups -OCH3 is 3. The van der Waals surface area contributed by atoms with E-state index in [1.807, 2.05) is 0 Å². The average Bonchev–Trinajstić information content (AvgIpc) is 3.19. The molecule has 28 heavy (non-hydrogen) atoms. The van der Waals surface area contributed by atoms with E-state index in [4.69, 9.17) is 23.4 Å². The predicted molar refractivity (Wildman–Crippen MR) is 96.6 cm³/mol. The fourth-order valence-electron chi connectivity index (χ4n) is 2.48. The van der Waals surface area contributed by atoms with Gasteiger partial charge in [-0.15, -0.1) is 10.2 Å². The molecule has 2 aromatic carbocycles. The molecule has 146 valence electrons. The zero-order valence-corrected chi connectivity index (χ0v) is 15.5. The summed E-state index contributed by atoms with van der Waals surface area (Å²) < 4.78 is 26.6. The molecule has 3 rings (SSSR count). The molecule has 0 aliphatic heterocycles. The first-order valence-corrected chi connectivity index (χ1v) is 8.14. The van der Waals surface area contributed by atoms with Crippen LogP contribution in [0.3, 0.4) is 0 Å². The monoisotopic (exact) mass is 386 g/mol. The molecule has 0 bridgehead atoms. The molecule has 9 heteroatoms. The molecule has 1 heterocycles. The van der Waals surface area contributed by atoms with Crippen molar-refractivity contribution >= 4 is 5.97 Å². The van der Waals surface area contributed by atoms with Gasteiger partial charge in [-0.25, -0.2) is 4.79 Å². The van der Waals surface area contributed by atoms with Crippen LogP contribution in [0.25, 0.3) is 11.5 Å². The summed E-state index contributed by atoms with van der Waals surface area (Å²) in [5.41, 5.74) is 0.761. The maximum absolute atomic E-state index is 12.0. The number of benzene rings is 2. The number of aromatic nitrogens is 2. The Morgan fingerprint density at radius 3 is 2.36 bits per heavy atom. The maximum Gasteiger partial charge on any atom is 0.338 e. The lowest BCUT2D eigenvalue weighted by molar-refractivity contribution is 0.0438. The van der Waals surface area contributed by atoms with E-state index in [2.05, 4.69) is 10.2 Å². The topological polar surface area (TPSA) is 113 Å². The van der Waals surface area contributed by atoms with Gasteiger partial charge in [-0.2, -0.15) is 0 Å². The van der Waals surface area contributed by atoms with Crippen LogP contribution in [0, 0.1) is 0 Å². The minimum Gasteiger partial charge on any atom is -0.508 e. The second-order valence-corrected chi connectivity index (χ2v) is 5.54. The molecule has 0 saturated heterocycles. The Balaban J connectivity index is 1.76. The Bertz CT molecular complexity index is 959. The molecule has 0 aliphatic rings. The largest absolute Gasteiger partial charge is 0.508 e. The lowest BCUT2D eigenvalue weighted by Gasteiger charge is -2.12. The third-order valence-corrected chi connectivity index (χ3v) is 3.79. The van der Waals surface area contributed by atoms with E-state index >= 15 is 0 Å². The van der Waals surface area contributed by atoms with Crippen molar-refractivity contribution in [1.82, 2.24) is 10.2 Å². The minimum atomic E-state index is -0.622. The number of carbonyl (C=O) groups is 1. The van der Waals surface area contributed by atoms with Gasteiger partial charge in [-0.1, -0.05) is 6.07 Å². The van der Waals surface area contributed by atoms with Crippen LogP contribution < -0.4 is 14.2 Å². The summed E-state index contributed by atoms with van der Waals surface area (Å²) in [6.07, 6.45) is 0. The third kappa shape index (κ3) is 3.98. The first kappa shape index (κ1) is 19.0. The Morgan fingerprint density at radius 1 is 1.04 bits per heavy atom. The van der Waals surface area contributed by atoms with Crippen LogP contribution in [-0.4, -0.2) is 42.6 Å². The van der Waals surface area contributed by atoms with Gasteiger partial charge in [0, 0.05) is 5.56 Å². The molecule has 0 fully saturated rings. The molecule has 0 radical (unpaired) electrons. The SMILES string of the molecule is COc1cc(-c2nnc(COC(=O)c3cccc(O)c3)o2)cc(OC)c1OC. The van der Waals surface area contributed by atoms with Crippen LogP contribution in [0.2, 0.25) is 0 Å². The Labute approximate surface area is 160 Å². The Kier molecular flexibility index (Phi) is 5.64. The lowest BCUT2D eigenvalue weighted by atomic mass is 10.2. The van der Waals surface area contributed by atoms with Gasteiger partial charge in [-0.3, -0.25) is 0 Å². The fraction of sp³-hybridized carbons (Fsp3) is 0.211. The van der Waals surface area contributed by atoms with Gasteiger partial charge in [0.2, 0.25) is 11.6 Å². The number of carbonyl (C=O) groups excluding carboxylic acids is 1. The van der Waals surface area contributed by atoms with Gasteiger partial charge < -0.3 is 28.5 Å². The third-order valence-electron chi connectivity index (χ3n) is 3.79. The number of aromatic hydroxyl groups is 1. The highest BCUT2D eigenvalue weighted by Gasteiger charge is 2.18. The highest BCUT2D eigenvalue weighted by molar-refractivity contribution is 5.89. The minimum absolute atomic E-state index is 0.0306. The van der Waals surface area contributed by atoms with Crippen LogP contribution >= 0.6 is 0 Å². The van der Waals surface area contributed by atoms with Crippen molar-refractivity contribution < 1.29 is 33.3 Å². The first-order chi connectivity index (χ1) is 13.5. The summed E-state index contributed by atoms with van der Waals surface area (Å²) in [5, 5.41) is 17.3. The van der Waals surface area contributed by atoms with Crippen LogP contribution in [0.15, 0.2) is 40.8 Å². The molecule has 0 saturated carbocycles. The van der Waals surface area contributed by atoms with E-state index in [0.29, 0.717) is 22.8 Å². The molecule has 0 spiro atoms. The number of nitrogens with zero attached hydrogens (tertiary/aromatic N) is 2. The molecule has 1 aromatic heterocycles. The van der Waals surface area contributed by atoms with E-state index < -0.39 is 5.97 Å². The number of phenols is 1. The summed E-state index contributed by atoms with van der Waals surface area (Å²) >= 11 is 0. The van der Waals surface area contributed by atoms with Gasteiger partial charge in [0.25, 0.3) is 5.89 Å². The van der Waals surface area contributed by atoms with Crippen molar-refractivity contribution in [3.63, 3.8) is 0 Å². The number of hydrogen-bond acceptors (Lipinski definition) is 9. The number of hydrogen-bond donors (Lipinski definition) is 1. The summed E-state index contributed by atoms with van der Waals surface area (Å²) in [4.78, 5) is 12.0. The number of phenolic OH excluding ortho intramolecular Hbond substituents is 1. The molecule has 0 atom stereocenters. The summed E-state index contributed by atoms with van der Waals surface area (Å²) in [6, 6.07) is 9.16. The fourth-order valence-corrected chi connectivity index (χ4v) is 2.48. The summed E-state index contributed by atoms with van der Waals surface area (Å²) in [7, 11) is 4.51. The van der Waals surface area contributed by atoms with Gasteiger partial charge in [0.1, 0.15) is 5.75 Å². The molecule has 0 aliphatic carbocycles. The lowest BCUT2D eigenvalue weighted by Crippen LogP contribution is -2.05. The molecule has 0 unspecified atom stereocenters. The van der Waals surface area contributed by atoms with Crippen molar-refractivity contribution in [1.29, 1.82) is 0 Å². The number of rotatable bonds is 7. The molecular formula is C19H18N2O7. The van der Waals surface area contributed by atoms with E-state index in [0.717, 1.165) is 0 Å². The molecule has 3 aromatic rings. The van der Waals surface area contributed by atoms with E-state index in [9.17, 15) is 9.90 Å².